The van der Waals surface area contributed by atoms with E-state index in [1.54, 1.807) is 18.7 Å². The second-order valence-corrected chi connectivity index (χ2v) is 7.14. The minimum Gasteiger partial charge on any atom is -0.465 e. The number of rotatable bonds is 5. The number of nitro benzene ring substituents is 1. The van der Waals surface area contributed by atoms with Crippen LogP contribution in [0.15, 0.2) is 29.3 Å². The topological polar surface area (TPSA) is 144 Å². The van der Waals surface area contributed by atoms with Crippen molar-refractivity contribution < 1.29 is 28.8 Å². The summed E-state index contributed by atoms with van der Waals surface area (Å²) < 4.78 is 10.1. The van der Waals surface area contributed by atoms with Crippen molar-refractivity contribution >= 4 is 29.6 Å². The van der Waals surface area contributed by atoms with Gasteiger partial charge in [-0.3, -0.25) is 25.0 Å². The van der Waals surface area contributed by atoms with Crippen LogP contribution in [0.1, 0.15) is 25.5 Å². The van der Waals surface area contributed by atoms with Gasteiger partial charge < -0.3 is 19.3 Å². The lowest BCUT2D eigenvalue weighted by Gasteiger charge is -2.38. The fourth-order valence-electron chi connectivity index (χ4n) is 3.57. The molecule has 0 spiro atoms. The molecule has 0 radical (unpaired) electrons. The number of benzene rings is 1. The van der Waals surface area contributed by atoms with Crippen molar-refractivity contribution in [2.24, 2.45) is 10.9 Å². The first-order valence-corrected chi connectivity index (χ1v) is 10.3. The number of nitro groups is 1. The molecule has 1 saturated heterocycles. The van der Waals surface area contributed by atoms with Gasteiger partial charge in [-0.05, 0) is 19.4 Å². The van der Waals surface area contributed by atoms with E-state index in [0.29, 0.717) is 31.7 Å². The first kappa shape index (κ1) is 23.0. The molecule has 1 aromatic carbocycles. The SMILES string of the molecule is CCOC(=O)[C@H]1C(=O)NC(N2CCN(C(=O)OCC)CC2)=N[C@@H]1c1ccc([N+](=O)[O-])cc1. The smallest absolute Gasteiger partial charge is 0.409 e. The van der Waals surface area contributed by atoms with Crippen molar-refractivity contribution in [3.8, 4) is 0 Å². The Labute approximate surface area is 184 Å². The number of ether oxygens (including phenoxy) is 2. The van der Waals surface area contributed by atoms with Crippen LogP contribution in [0.4, 0.5) is 10.5 Å². The highest BCUT2D eigenvalue weighted by Crippen LogP contribution is 2.32. The van der Waals surface area contributed by atoms with Gasteiger partial charge >= 0.3 is 12.1 Å². The van der Waals surface area contributed by atoms with Gasteiger partial charge in [0, 0.05) is 38.3 Å². The second-order valence-electron chi connectivity index (χ2n) is 7.14. The van der Waals surface area contributed by atoms with E-state index in [4.69, 9.17) is 9.47 Å². The summed E-state index contributed by atoms with van der Waals surface area (Å²) in [6.45, 7) is 5.35. The number of amides is 2. The number of piperazine rings is 1. The third-order valence-corrected chi connectivity index (χ3v) is 5.19. The minimum absolute atomic E-state index is 0.0992. The number of hydrogen-bond donors (Lipinski definition) is 1. The lowest BCUT2D eigenvalue weighted by atomic mass is 9.91. The van der Waals surface area contributed by atoms with Gasteiger partial charge in [0.05, 0.1) is 18.1 Å². The molecule has 3 rings (SSSR count). The number of esters is 1. The van der Waals surface area contributed by atoms with Crippen molar-refractivity contribution in [1.82, 2.24) is 15.1 Å². The minimum atomic E-state index is -1.22. The number of nitrogens with zero attached hydrogens (tertiary/aromatic N) is 4. The third-order valence-electron chi connectivity index (χ3n) is 5.19. The van der Waals surface area contributed by atoms with Crippen molar-refractivity contribution in [3.05, 3.63) is 39.9 Å². The highest BCUT2D eigenvalue weighted by molar-refractivity contribution is 6.08. The van der Waals surface area contributed by atoms with Crippen molar-refractivity contribution in [1.29, 1.82) is 0 Å². The van der Waals surface area contributed by atoms with E-state index in [1.807, 2.05) is 4.90 Å². The standard InChI is InChI=1S/C20H25N5O7/c1-3-31-18(27)15-16(13-5-7-14(8-6-13)25(29)30)21-19(22-17(15)26)23-9-11-24(12-10-23)20(28)32-4-2/h5-8,15-16H,3-4,9-12H2,1-2H3,(H,21,22,26)/t15-,16-/m1/s1. The monoisotopic (exact) mass is 447 g/mol. The first-order valence-electron chi connectivity index (χ1n) is 10.3. The Morgan fingerprint density at radius 2 is 1.75 bits per heavy atom. The Morgan fingerprint density at radius 1 is 1.12 bits per heavy atom. The molecule has 1 N–H and O–H groups in total. The predicted octanol–water partition coefficient (Wildman–Crippen LogP) is 1.08. The van der Waals surface area contributed by atoms with Gasteiger partial charge in [0.25, 0.3) is 5.69 Å². The van der Waals surface area contributed by atoms with Crippen LogP contribution in [0.5, 0.6) is 0 Å². The Hall–Kier alpha value is -3.70. The van der Waals surface area contributed by atoms with E-state index < -0.39 is 34.9 Å². The molecule has 12 heteroatoms. The molecular formula is C20H25N5O7. The maximum Gasteiger partial charge on any atom is 0.409 e. The average Bonchev–Trinajstić information content (AvgIpc) is 2.79. The second kappa shape index (κ2) is 10.1. The zero-order valence-electron chi connectivity index (χ0n) is 17.9. The summed E-state index contributed by atoms with van der Waals surface area (Å²) in [6.07, 6.45) is -0.395. The summed E-state index contributed by atoms with van der Waals surface area (Å²) in [6, 6.07) is 4.66. The fourth-order valence-corrected chi connectivity index (χ4v) is 3.57. The Morgan fingerprint density at radius 3 is 2.31 bits per heavy atom. The number of carbonyl (C=O) groups excluding carboxylic acids is 3. The molecule has 2 heterocycles. The molecule has 0 aromatic heterocycles. The molecule has 0 unspecified atom stereocenters. The van der Waals surface area contributed by atoms with Crippen LogP contribution in [0.25, 0.3) is 0 Å². The van der Waals surface area contributed by atoms with Crippen LogP contribution < -0.4 is 5.32 Å². The summed E-state index contributed by atoms with van der Waals surface area (Å²) >= 11 is 0. The summed E-state index contributed by atoms with van der Waals surface area (Å²) in [5.41, 5.74) is 0.368. The molecule has 1 fully saturated rings. The highest BCUT2D eigenvalue weighted by atomic mass is 16.6. The van der Waals surface area contributed by atoms with Crippen LogP contribution in [-0.2, 0) is 19.1 Å². The molecule has 1 aromatic rings. The molecule has 2 aliphatic rings. The average molecular weight is 447 g/mol. The van der Waals surface area contributed by atoms with Gasteiger partial charge in [0.1, 0.15) is 6.04 Å². The summed E-state index contributed by atoms with van der Waals surface area (Å²) in [7, 11) is 0. The molecule has 2 atom stereocenters. The molecule has 2 aliphatic heterocycles. The number of hydrogen-bond acceptors (Lipinski definition) is 9. The zero-order chi connectivity index (χ0) is 23.3. The number of aliphatic imine (C=N–C) groups is 1. The van der Waals surface area contributed by atoms with Crippen molar-refractivity contribution in [2.45, 2.75) is 19.9 Å². The lowest BCUT2D eigenvalue weighted by Crippen LogP contribution is -2.58. The molecule has 0 bridgehead atoms. The van der Waals surface area contributed by atoms with Gasteiger partial charge in [-0.2, -0.15) is 0 Å². The van der Waals surface area contributed by atoms with Gasteiger partial charge in [0.2, 0.25) is 11.9 Å². The number of nitrogens with one attached hydrogen (secondary N) is 1. The molecule has 0 saturated carbocycles. The lowest BCUT2D eigenvalue weighted by molar-refractivity contribution is -0.384. The van der Waals surface area contributed by atoms with E-state index in [9.17, 15) is 24.5 Å². The normalized spacial score (nSPS) is 20.8. The van der Waals surface area contributed by atoms with Gasteiger partial charge in [-0.15, -0.1) is 0 Å². The van der Waals surface area contributed by atoms with E-state index in [2.05, 4.69) is 10.3 Å². The van der Waals surface area contributed by atoms with E-state index in [-0.39, 0.29) is 24.9 Å². The largest absolute Gasteiger partial charge is 0.465 e. The Kier molecular flexibility index (Phi) is 7.23. The molecule has 12 nitrogen and oxygen atoms in total. The van der Waals surface area contributed by atoms with Crippen LogP contribution in [0.3, 0.4) is 0 Å². The number of non-ortho nitro benzene ring substituents is 1. The summed E-state index contributed by atoms with van der Waals surface area (Å²) in [5.74, 6) is -2.23. The van der Waals surface area contributed by atoms with Crippen LogP contribution in [0, 0.1) is 16.0 Å². The predicted molar refractivity (Wildman–Crippen MR) is 112 cm³/mol. The maximum absolute atomic E-state index is 12.9. The van der Waals surface area contributed by atoms with E-state index in [1.165, 1.54) is 24.3 Å². The summed E-state index contributed by atoms with van der Waals surface area (Å²) in [4.78, 5) is 55.7. The highest BCUT2D eigenvalue weighted by Gasteiger charge is 2.42. The summed E-state index contributed by atoms with van der Waals surface area (Å²) in [5, 5.41) is 13.6. The van der Waals surface area contributed by atoms with Crippen molar-refractivity contribution in [2.75, 3.05) is 39.4 Å². The first-order chi connectivity index (χ1) is 15.3. The number of guanidine groups is 1. The molecular weight excluding hydrogens is 422 g/mol. The molecule has 0 aliphatic carbocycles. The van der Waals surface area contributed by atoms with E-state index in [0.717, 1.165) is 0 Å². The van der Waals surface area contributed by atoms with Crippen LogP contribution >= 0.6 is 0 Å². The van der Waals surface area contributed by atoms with Gasteiger partial charge in [0.15, 0.2) is 5.92 Å². The maximum atomic E-state index is 12.9. The third kappa shape index (κ3) is 4.95. The van der Waals surface area contributed by atoms with Crippen LogP contribution in [0.2, 0.25) is 0 Å². The number of carbonyl (C=O) groups is 3. The van der Waals surface area contributed by atoms with Crippen LogP contribution in [-0.4, -0.2) is 78.0 Å². The molecule has 172 valence electrons. The zero-order valence-corrected chi connectivity index (χ0v) is 17.9. The van der Waals surface area contributed by atoms with Gasteiger partial charge in [-0.1, -0.05) is 12.1 Å². The van der Waals surface area contributed by atoms with Crippen molar-refractivity contribution in [3.63, 3.8) is 0 Å². The van der Waals surface area contributed by atoms with Gasteiger partial charge in [-0.25, -0.2) is 9.79 Å². The molecule has 2 amide bonds. The van der Waals surface area contributed by atoms with E-state index >= 15 is 0 Å². The molecule has 32 heavy (non-hydrogen) atoms. The fraction of sp³-hybridized carbons (Fsp3) is 0.500. The quantitative estimate of drug-likeness (QED) is 0.306. The Bertz CT molecular complexity index is 909. The Balaban J connectivity index is 1.85.